The molecule has 0 bridgehead atoms. The van der Waals surface area contributed by atoms with Crippen LogP contribution in [-0.2, 0) is 17.4 Å². The minimum Gasteiger partial charge on any atom is -0.370 e. The zero-order chi connectivity index (χ0) is 28.4. The minimum atomic E-state index is -1.50. The Labute approximate surface area is 234 Å². The number of nitrogens with one attached hydrogen (secondary N) is 4. The van der Waals surface area contributed by atoms with Gasteiger partial charge in [-0.05, 0) is 88.6 Å². The van der Waals surface area contributed by atoms with E-state index >= 15 is 0 Å². The molecule has 1 atom stereocenters. The van der Waals surface area contributed by atoms with Crippen molar-refractivity contribution in [1.82, 2.24) is 24.9 Å². The molecule has 0 saturated heterocycles. The van der Waals surface area contributed by atoms with Crippen LogP contribution in [0.3, 0.4) is 0 Å². The molecule has 0 radical (unpaired) electrons. The zero-order valence-electron chi connectivity index (χ0n) is 23.0. The van der Waals surface area contributed by atoms with Crippen molar-refractivity contribution in [2.24, 2.45) is 0 Å². The van der Waals surface area contributed by atoms with Gasteiger partial charge in [-0.3, -0.25) is 4.72 Å². The van der Waals surface area contributed by atoms with E-state index in [0.29, 0.717) is 46.8 Å². The van der Waals surface area contributed by atoms with Crippen LogP contribution >= 0.6 is 0 Å². The molecule has 0 fully saturated rings. The molecule has 5 rings (SSSR count). The number of H-pyrrole nitrogens is 1. The van der Waals surface area contributed by atoms with Gasteiger partial charge >= 0.3 is 0 Å². The van der Waals surface area contributed by atoms with Crippen LogP contribution in [0.25, 0.3) is 10.9 Å². The molecule has 0 aliphatic heterocycles. The van der Waals surface area contributed by atoms with Gasteiger partial charge in [0.05, 0.1) is 10.4 Å². The van der Waals surface area contributed by atoms with Crippen LogP contribution in [0.2, 0.25) is 0 Å². The van der Waals surface area contributed by atoms with E-state index in [-0.39, 0.29) is 5.82 Å². The van der Waals surface area contributed by atoms with Crippen LogP contribution in [-0.4, -0.2) is 35.7 Å². The Hall–Kier alpha value is -4.38. The minimum absolute atomic E-state index is 0.240. The van der Waals surface area contributed by atoms with Gasteiger partial charge in [0.2, 0.25) is 5.95 Å². The van der Waals surface area contributed by atoms with E-state index in [1.807, 2.05) is 65.0 Å². The molecule has 3 heterocycles. The molecule has 9 nitrogen and oxygen atoms in total. The molecule has 3 aromatic heterocycles. The molecule has 206 valence electrons. The molecule has 2 aromatic carbocycles. The van der Waals surface area contributed by atoms with E-state index in [1.54, 1.807) is 12.1 Å². The third-order valence-electron chi connectivity index (χ3n) is 6.46. The Bertz CT molecular complexity index is 1700. The van der Waals surface area contributed by atoms with Crippen molar-refractivity contribution in [3.8, 4) is 0 Å². The third-order valence-corrected chi connectivity index (χ3v) is 7.52. The van der Waals surface area contributed by atoms with Gasteiger partial charge in [-0.2, -0.15) is 0 Å². The largest absolute Gasteiger partial charge is 0.370 e. The molecule has 0 aliphatic rings. The first-order valence-electron chi connectivity index (χ1n) is 12.9. The standard InChI is InChI=1S/C29H31FN8OS/c1-16-6-11-24(30)28-27(16)23(19(4)34-28)12-13-31-25-15-26(36-20(5)35-25)37-21-7-9-22(10-8-21)40(39)38-29-32-17(2)14-18(3)33-29/h6-11,14-15,34H,12-13H2,1-5H3,(H,32,33,38)(H2,31,35,36,37). The van der Waals surface area contributed by atoms with Crippen molar-refractivity contribution in [2.45, 2.75) is 45.9 Å². The smallest absolute Gasteiger partial charge is 0.235 e. The van der Waals surface area contributed by atoms with E-state index in [1.165, 1.54) is 6.07 Å². The zero-order valence-corrected chi connectivity index (χ0v) is 23.8. The van der Waals surface area contributed by atoms with Crippen molar-refractivity contribution in [3.05, 3.63) is 88.4 Å². The summed E-state index contributed by atoms with van der Waals surface area (Å²) in [5, 5.41) is 7.60. The Balaban J connectivity index is 1.23. The first kappa shape index (κ1) is 27.2. The fraction of sp³-hybridized carbons (Fsp3) is 0.241. The van der Waals surface area contributed by atoms with Crippen LogP contribution in [0.15, 0.2) is 53.4 Å². The Morgan fingerprint density at radius 3 is 2.30 bits per heavy atom. The molecule has 0 amide bonds. The average Bonchev–Trinajstić information content (AvgIpc) is 3.23. The van der Waals surface area contributed by atoms with Gasteiger partial charge in [-0.1, -0.05) is 6.07 Å². The summed E-state index contributed by atoms with van der Waals surface area (Å²) in [6.45, 7) is 10.2. The van der Waals surface area contributed by atoms with E-state index in [4.69, 9.17) is 0 Å². The highest BCUT2D eigenvalue weighted by Gasteiger charge is 2.14. The lowest BCUT2D eigenvalue weighted by molar-refractivity contribution is 0.637. The fourth-order valence-corrected chi connectivity index (χ4v) is 5.47. The summed E-state index contributed by atoms with van der Waals surface area (Å²) in [6.07, 6.45) is 0.710. The molecule has 1 unspecified atom stereocenters. The number of rotatable bonds is 9. The van der Waals surface area contributed by atoms with E-state index in [2.05, 4.69) is 40.3 Å². The summed E-state index contributed by atoms with van der Waals surface area (Å²) in [6, 6.07) is 14.2. The van der Waals surface area contributed by atoms with Gasteiger partial charge in [0, 0.05) is 40.8 Å². The maximum atomic E-state index is 14.3. The Morgan fingerprint density at radius 1 is 0.875 bits per heavy atom. The van der Waals surface area contributed by atoms with Crippen molar-refractivity contribution >= 4 is 45.2 Å². The van der Waals surface area contributed by atoms with Crippen molar-refractivity contribution < 1.29 is 8.60 Å². The van der Waals surface area contributed by atoms with Gasteiger partial charge in [0.25, 0.3) is 0 Å². The number of nitrogens with zero attached hydrogens (tertiary/aromatic N) is 4. The van der Waals surface area contributed by atoms with E-state index in [0.717, 1.165) is 39.3 Å². The number of aromatic nitrogens is 5. The van der Waals surface area contributed by atoms with E-state index in [9.17, 15) is 8.60 Å². The van der Waals surface area contributed by atoms with Gasteiger partial charge in [-0.25, -0.2) is 28.5 Å². The fourth-order valence-electron chi connectivity index (χ4n) is 4.72. The highest BCUT2D eigenvalue weighted by atomic mass is 32.2. The number of hydrogen-bond acceptors (Lipinski definition) is 7. The second-order valence-corrected chi connectivity index (χ2v) is 10.9. The summed E-state index contributed by atoms with van der Waals surface area (Å²) in [5.41, 5.74) is 6.06. The number of aromatic amines is 1. The summed E-state index contributed by atoms with van der Waals surface area (Å²) in [7, 11) is -1.50. The van der Waals surface area contributed by atoms with Crippen molar-refractivity contribution in [2.75, 3.05) is 21.9 Å². The number of anilines is 4. The summed E-state index contributed by atoms with van der Waals surface area (Å²) in [4.78, 5) is 21.4. The van der Waals surface area contributed by atoms with Gasteiger partial charge < -0.3 is 15.6 Å². The number of aryl methyl sites for hydroxylation is 5. The average molecular weight is 559 g/mol. The Kier molecular flexibility index (Phi) is 7.74. The molecule has 5 aromatic rings. The predicted molar refractivity (Wildman–Crippen MR) is 158 cm³/mol. The Morgan fingerprint density at radius 2 is 1.57 bits per heavy atom. The summed E-state index contributed by atoms with van der Waals surface area (Å²) in [5.74, 6) is 2.02. The summed E-state index contributed by atoms with van der Waals surface area (Å²) < 4.78 is 29.9. The molecular weight excluding hydrogens is 527 g/mol. The van der Waals surface area contributed by atoms with Gasteiger partial charge in [-0.15, -0.1) is 0 Å². The number of benzene rings is 2. The van der Waals surface area contributed by atoms with Crippen LogP contribution < -0.4 is 15.4 Å². The topological polar surface area (TPSA) is 121 Å². The molecular formula is C29H31FN8OS. The lowest BCUT2D eigenvalue weighted by Gasteiger charge is -2.11. The second-order valence-electron chi connectivity index (χ2n) is 9.70. The molecule has 4 N–H and O–H groups in total. The first-order chi connectivity index (χ1) is 19.2. The van der Waals surface area contributed by atoms with Gasteiger partial charge in [0.15, 0.2) is 11.0 Å². The lowest BCUT2D eigenvalue weighted by Crippen LogP contribution is -2.09. The maximum Gasteiger partial charge on any atom is 0.235 e. The third kappa shape index (κ3) is 6.09. The monoisotopic (exact) mass is 558 g/mol. The highest BCUT2D eigenvalue weighted by Crippen LogP contribution is 2.28. The first-order valence-corrected chi connectivity index (χ1v) is 14.0. The molecule has 0 saturated carbocycles. The van der Waals surface area contributed by atoms with Crippen molar-refractivity contribution in [1.29, 1.82) is 0 Å². The van der Waals surface area contributed by atoms with Crippen molar-refractivity contribution in [3.63, 3.8) is 0 Å². The van der Waals surface area contributed by atoms with Gasteiger partial charge in [0.1, 0.15) is 23.3 Å². The number of hydrogen-bond donors (Lipinski definition) is 4. The van der Waals surface area contributed by atoms with Crippen LogP contribution in [0.5, 0.6) is 0 Å². The lowest BCUT2D eigenvalue weighted by atomic mass is 10.0. The SMILES string of the molecule is Cc1cc(C)nc(NS(=O)c2ccc(Nc3cc(NCCc4c(C)[nH]c5c(F)ccc(C)c45)nc(C)n3)cc2)n1. The molecule has 0 spiro atoms. The normalized spacial score (nSPS) is 11.9. The predicted octanol–water partition coefficient (Wildman–Crippen LogP) is 5.96. The highest BCUT2D eigenvalue weighted by molar-refractivity contribution is 7.86. The molecule has 0 aliphatic carbocycles. The summed E-state index contributed by atoms with van der Waals surface area (Å²) >= 11 is 0. The van der Waals surface area contributed by atoms with Crippen LogP contribution in [0.4, 0.5) is 27.7 Å². The molecule has 40 heavy (non-hydrogen) atoms. The second kappa shape index (κ2) is 11.4. The number of fused-ring (bicyclic) bond motifs is 1. The van der Waals surface area contributed by atoms with Crippen LogP contribution in [0.1, 0.15) is 34.0 Å². The molecule has 11 heteroatoms. The number of halogens is 1. The van der Waals surface area contributed by atoms with E-state index < -0.39 is 11.0 Å². The maximum absolute atomic E-state index is 14.3. The quantitative estimate of drug-likeness (QED) is 0.176. The van der Waals surface area contributed by atoms with Crippen LogP contribution in [0, 0.1) is 40.4 Å².